The second kappa shape index (κ2) is 6.32. The molecule has 2 heterocycles. The highest BCUT2D eigenvalue weighted by Gasteiger charge is 2.19. The van der Waals surface area contributed by atoms with Crippen molar-refractivity contribution >= 4 is 5.82 Å². The third kappa shape index (κ3) is 2.92. The number of terminal acetylenes is 1. The van der Waals surface area contributed by atoms with Crippen molar-refractivity contribution in [2.45, 2.75) is 0 Å². The molecule has 23 heavy (non-hydrogen) atoms. The predicted octanol–water partition coefficient (Wildman–Crippen LogP) is 3.35. The lowest BCUT2D eigenvalue weighted by Crippen LogP contribution is -2.18. The van der Waals surface area contributed by atoms with Gasteiger partial charge in [-0.05, 0) is 42.0 Å². The molecule has 0 saturated heterocycles. The third-order valence-electron chi connectivity index (χ3n) is 3.54. The summed E-state index contributed by atoms with van der Waals surface area (Å²) in [7, 11) is 1.88. The Morgan fingerprint density at radius 2 is 1.83 bits per heavy atom. The minimum absolute atomic E-state index is 0.275. The topological polar surface area (TPSA) is 44.8 Å². The zero-order valence-corrected chi connectivity index (χ0v) is 12.6. The average Bonchev–Trinajstić information content (AvgIpc) is 3.01. The number of halogens is 1. The lowest BCUT2D eigenvalue weighted by Gasteiger charge is -2.15. The Morgan fingerprint density at radius 1 is 1.13 bits per heavy atom. The molecule has 0 bridgehead atoms. The Hall–Kier alpha value is -3.13. The number of hydrogen-bond donors (Lipinski definition) is 1. The second-order valence-electron chi connectivity index (χ2n) is 5.10. The zero-order valence-electron chi connectivity index (χ0n) is 12.6. The van der Waals surface area contributed by atoms with Crippen LogP contribution in [-0.4, -0.2) is 28.8 Å². The number of H-pyrrole nitrogens is 1. The maximum Gasteiger partial charge on any atom is 0.159 e. The molecule has 0 atom stereocenters. The number of nitrogens with one attached hydrogen (secondary N) is 1. The SMILES string of the molecule is C#CCN(C)c1n[nH]c(-c2ccc(F)cc2)c1-c1ccncc1. The first-order chi connectivity index (χ1) is 11.2. The summed E-state index contributed by atoms with van der Waals surface area (Å²) in [6.07, 6.45) is 8.86. The van der Waals surface area contributed by atoms with Crippen LogP contribution in [0.1, 0.15) is 0 Å². The molecule has 0 aliphatic rings. The van der Waals surface area contributed by atoms with Crippen LogP contribution in [0.5, 0.6) is 0 Å². The molecule has 0 fully saturated rings. The first-order valence-electron chi connectivity index (χ1n) is 7.10. The first-order valence-corrected chi connectivity index (χ1v) is 7.10. The molecule has 0 radical (unpaired) electrons. The Kier molecular flexibility index (Phi) is 4.07. The van der Waals surface area contributed by atoms with Gasteiger partial charge in [0.05, 0.1) is 17.8 Å². The molecule has 1 N–H and O–H groups in total. The van der Waals surface area contributed by atoms with Crippen molar-refractivity contribution in [2.75, 3.05) is 18.5 Å². The summed E-state index contributed by atoms with van der Waals surface area (Å²) in [5, 5.41) is 7.45. The fourth-order valence-corrected chi connectivity index (χ4v) is 2.44. The summed E-state index contributed by atoms with van der Waals surface area (Å²) in [4.78, 5) is 5.94. The normalized spacial score (nSPS) is 10.3. The zero-order chi connectivity index (χ0) is 16.2. The molecule has 0 amide bonds. The molecule has 1 aromatic carbocycles. The first kappa shape index (κ1) is 14.8. The standard InChI is InChI=1S/C18H15FN4/c1-3-12-23(2)18-16(13-8-10-20-11-9-13)17(21-22-18)14-4-6-15(19)7-5-14/h1,4-11H,12H2,2H3,(H,21,22). The molecular weight excluding hydrogens is 291 g/mol. The van der Waals surface area contributed by atoms with Gasteiger partial charge in [0.25, 0.3) is 0 Å². The van der Waals surface area contributed by atoms with Gasteiger partial charge in [-0.3, -0.25) is 10.1 Å². The molecule has 2 aromatic heterocycles. The predicted molar refractivity (Wildman–Crippen MR) is 89.3 cm³/mol. The Balaban J connectivity index is 2.17. The molecule has 0 saturated carbocycles. The highest BCUT2D eigenvalue weighted by Crippen LogP contribution is 2.37. The van der Waals surface area contributed by atoms with Crippen LogP contribution in [0, 0.1) is 18.2 Å². The van der Waals surface area contributed by atoms with Gasteiger partial charge in [0.15, 0.2) is 5.82 Å². The molecule has 0 aliphatic heterocycles. The van der Waals surface area contributed by atoms with Crippen LogP contribution in [0.2, 0.25) is 0 Å². The largest absolute Gasteiger partial charge is 0.347 e. The number of benzene rings is 1. The van der Waals surface area contributed by atoms with Gasteiger partial charge in [0, 0.05) is 25.0 Å². The molecule has 0 unspecified atom stereocenters. The van der Waals surface area contributed by atoms with Gasteiger partial charge >= 0.3 is 0 Å². The highest BCUT2D eigenvalue weighted by molar-refractivity contribution is 5.88. The van der Waals surface area contributed by atoms with E-state index in [-0.39, 0.29) is 5.82 Å². The quantitative estimate of drug-likeness (QED) is 0.752. The van der Waals surface area contributed by atoms with Crippen LogP contribution in [0.25, 0.3) is 22.4 Å². The van der Waals surface area contributed by atoms with Gasteiger partial charge in [-0.1, -0.05) is 5.92 Å². The summed E-state index contributed by atoms with van der Waals surface area (Å²) < 4.78 is 13.2. The molecule has 3 aromatic rings. The van der Waals surface area contributed by atoms with Crippen LogP contribution in [0.3, 0.4) is 0 Å². The molecular formula is C18H15FN4. The van der Waals surface area contributed by atoms with Crippen molar-refractivity contribution in [3.8, 4) is 34.7 Å². The Bertz CT molecular complexity index is 832. The molecule has 0 aliphatic carbocycles. The lowest BCUT2D eigenvalue weighted by molar-refractivity contribution is 0.628. The van der Waals surface area contributed by atoms with Gasteiger partial charge in [-0.25, -0.2) is 4.39 Å². The maximum absolute atomic E-state index is 13.2. The number of rotatable bonds is 4. The maximum atomic E-state index is 13.2. The monoisotopic (exact) mass is 306 g/mol. The van der Waals surface area contributed by atoms with E-state index < -0.39 is 0 Å². The summed E-state index contributed by atoms with van der Waals surface area (Å²) in [5.41, 5.74) is 3.55. The van der Waals surface area contributed by atoms with Crippen molar-refractivity contribution < 1.29 is 4.39 Å². The van der Waals surface area contributed by atoms with Crippen LogP contribution in [-0.2, 0) is 0 Å². The van der Waals surface area contributed by atoms with E-state index in [1.807, 2.05) is 24.1 Å². The van der Waals surface area contributed by atoms with E-state index >= 15 is 0 Å². The van der Waals surface area contributed by atoms with Crippen LogP contribution in [0.15, 0.2) is 48.8 Å². The number of anilines is 1. The molecule has 5 heteroatoms. The fourth-order valence-electron chi connectivity index (χ4n) is 2.44. The summed E-state index contributed by atoms with van der Waals surface area (Å²) in [6.45, 7) is 0.436. The Labute approximate surface area is 134 Å². The second-order valence-corrected chi connectivity index (χ2v) is 5.10. The van der Waals surface area contributed by atoms with Crippen molar-refractivity contribution in [3.05, 3.63) is 54.6 Å². The summed E-state index contributed by atoms with van der Waals surface area (Å²) >= 11 is 0. The van der Waals surface area contributed by atoms with E-state index in [1.165, 1.54) is 12.1 Å². The van der Waals surface area contributed by atoms with E-state index in [0.717, 1.165) is 28.2 Å². The van der Waals surface area contributed by atoms with Crippen LogP contribution in [0.4, 0.5) is 10.2 Å². The highest BCUT2D eigenvalue weighted by atomic mass is 19.1. The van der Waals surface area contributed by atoms with E-state index in [1.54, 1.807) is 24.5 Å². The van der Waals surface area contributed by atoms with E-state index in [9.17, 15) is 4.39 Å². The van der Waals surface area contributed by atoms with Crippen molar-refractivity contribution in [2.24, 2.45) is 0 Å². The molecule has 114 valence electrons. The van der Waals surface area contributed by atoms with Crippen molar-refractivity contribution in [1.29, 1.82) is 0 Å². The molecule has 0 spiro atoms. The van der Waals surface area contributed by atoms with Crippen LogP contribution >= 0.6 is 0 Å². The Morgan fingerprint density at radius 3 is 2.48 bits per heavy atom. The van der Waals surface area contributed by atoms with Gasteiger partial charge < -0.3 is 4.90 Å². The number of nitrogens with zero attached hydrogens (tertiary/aromatic N) is 3. The van der Waals surface area contributed by atoms with E-state index in [0.29, 0.717) is 6.54 Å². The van der Waals surface area contributed by atoms with Gasteiger partial charge in [-0.2, -0.15) is 5.10 Å². The van der Waals surface area contributed by atoms with Crippen molar-refractivity contribution in [3.63, 3.8) is 0 Å². The third-order valence-corrected chi connectivity index (χ3v) is 3.54. The lowest BCUT2D eigenvalue weighted by atomic mass is 10.0. The number of hydrogen-bond acceptors (Lipinski definition) is 3. The smallest absolute Gasteiger partial charge is 0.159 e. The van der Waals surface area contributed by atoms with Gasteiger partial charge in [-0.15, -0.1) is 6.42 Å². The average molecular weight is 306 g/mol. The molecule has 3 rings (SSSR count). The number of pyridine rings is 1. The number of aromatic nitrogens is 3. The van der Waals surface area contributed by atoms with E-state index in [4.69, 9.17) is 6.42 Å². The minimum Gasteiger partial charge on any atom is -0.347 e. The van der Waals surface area contributed by atoms with Gasteiger partial charge in [0.2, 0.25) is 0 Å². The summed E-state index contributed by atoms with van der Waals surface area (Å²) in [5.74, 6) is 3.08. The van der Waals surface area contributed by atoms with Gasteiger partial charge in [0.1, 0.15) is 5.82 Å². The van der Waals surface area contributed by atoms with Crippen LogP contribution < -0.4 is 4.90 Å². The number of aromatic amines is 1. The minimum atomic E-state index is -0.275. The van der Waals surface area contributed by atoms with Crippen molar-refractivity contribution in [1.82, 2.24) is 15.2 Å². The summed E-state index contributed by atoms with van der Waals surface area (Å²) in [6, 6.07) is 10.1. The molecule has 4 nitrogen and oxygen atoms in total. The fraction of sp³-hybridized carbons (Fsp3) is 0.111. The van der Waals surface area contributed by atoms with E-state index in [2.05, 4.69) is 21.1 Å².